The third-order valence-corrected chi connectivity index (χ3v) is 8.80. The molecule has 3 atom stereocenters. The summed E-state index contributed by atoms with van der Waals surface area (Å²) in [5, 5.41) is 22.8. The Labute approximate surface area is 254 Å². The number of benzene rings is 2. The van der Waals surface area contributed by atoms with E-state index in [0.29, 0.717) is 32.6 Å². The van der Waals surface area contributed by atoms with Crippen LogP contribution in [0.4, 0.5) is 9.59 Å². The molecule has 11 heteroatoms. The van der Waals surface area contributed by atoms with Crippen LogP contribution in [-0.4, -0.2) is 81.1 Å². The predicted molar refractivity (Wildman–Crippen MR) is 162 cm³/mol. The van der Waals surface area contributed by atoms with Gasteiger partial charge in [0.1, 0.15) is 12.1 Å². The average Bonchev–Trinajstić information content (AvgIpc) is 3.63. The molecule has 10 nitrogen and oxygen atoms in total. The van der Waals surface area contributed by atoms with Crippen LogP contribution in [0, 0.1) is 0 Å². The Kier molecular flexibility index (Phi) is 10.6. The van der Waals surface area contributed by atoms with Gasteiger partial charge in [0.2, 0.25) is 5.91 Å². The van der Waals surface area contributed by atoms with Crippen LogP contribution in [0.25, 0.3) is 0 Å². The van der Waals surface area contributed by atoms with Gasteiger partial charge >= 0.3 is 19.2 Å². The molecule has 3 aliphatic rings. The van der Waals surface area contributed by atoms with Crippen molar-refractivity contribution in [3.05, 3.63) is 71.3 Å². The van der Waals surface area contributed by atoms with Crippen molar-refractivity contribution in [3.63, 3.8) is 0 Å². The fourth-order valence-corrected chi connectivity index (χ4v) is 6.38. The maximum Gasteiger partial charge on any atom is 0.475 e. The van der Waals surface area contributed by atoms with E-state index < -0.39 is 37.2 Å². The van der Waals surface area contributed by atoms with Crippen LogP contribution in [0.1, 0.15) is 74.5 Å². The van der Waals surface area contributed by atoms with E-state index in [9.17, 15) is 24.4 Å². The summed E-state index contributed by atoms with van der Waals surface area (Å²) >= 11 is 0. The SMILES string of the molecule is O=C1N[C@H](B(O)O)CCCCCCCCCN(Cc2ccccc2)C(=O)N2C[C@H](OC(=O)N3Cc4ccccc4C3)C[C@@H]12. The maximum atomic E-state index is 14.1. The quantitative estimate of drug-likeness (QED) is 0.466. The Hall–Kier alpha value is -3.57. The smallest absolute Gasteiger partial charge is 0.444 e. The number of rotatable bonds is 4. The van der Waals surface area contributed by atoms with E-state index in [-0.39, 0.29) is 19.0 Å². The van der Waals surface area contributed by atoms with E-state index >= 15 is 0 Å². The third kappa shape index (κ3) is 8.09. The number of fused-ring (bicyclic) bond motifs is 2. The zero-order valence-electron chi connectivity index (χ0n) is 24.8. The minimum absolute atomic E-state index is 0.0844. The number of hydrogen-bond acceptors (Lipinski definition) is 6. The van der Waals surface area contributed by atoms with Crippen molar-refractivity contribution >= 4 is 25.1 Å². The Balaban J connectivity index is 1.35. The molecule has 0 radical (unpaired) electrons. The number of nitrogens with zero attached hydrogens (tertiary/aromatic N) is 3. The van der Waals surface area contributed by atoms with Gasteiger partial charge in [-0.25, -0.2) is 9.59 Å². The highest BCUT2D eigenvalue weighted by Gasteiger charge is 2.44. The molecule has 0 bridgehead atoms. The second-order valence-electron chi connectivity index (χ2n) is 12.0. The van der Waals surface area contributed by atoms with E-state index in [2.05, 4.69) is 5.32 Å². The third-order valence-electron chi connectivity index (χ3n) is 8.80. The molecule has 0 aliphatic carbocycles. The van der Waals surface area contributed by atoms with Gasteiger partial charge in [-0.1, -0.05) is 93.1 Å². The first kappa shape index (κ1) is 30.9. The number of nitrogens with one attached hydrogen (secondary N) is 1. The number of amides is 4. The lowest BCUT2D eigenvalue weighted by Crippen LogP contribution is -2.55. The standard InChI is InChI=1S/C32H43BN4O6/c38-30-28-19-27(43-32(40)36-21-25-15-10-11-16-26(25)22-36)23-37(28)31(39)35(20-24-13-7-6-8-14-24)18-12-5-3-1-2-4-9-17-29(34-30)33(41)42/h6-8,10-11,13-16,27-29,41-42H,1-5,9,12,17-23H2,(H,34,38)/t27-,28+,29+/m1/s1. The minimum atomic E-state index is -1.71. The molecule has 2 aromatic rings. The summed E-state index contributed by atoms with van der Waals surface area (Å²) in [6.45, 7) is 1.94. The molecular weight excluding hydrogens is 547 g/mol. The van der Waals surface area contributed by atoms with Crippen LogP contribution < -0.4 is 5.32 Å². The number of carbonyl (C=O) groups excluding carboxylic acids is 3. The monoisotopic (exact) mass is 590 g/mol. The summed E-state index contributed by atoms with van der Waals surface area (Å²) in [6.07, 6.45) is 6.18. The molecule has 230 valence electrons. The Morgan fingerprint density at radius 3 is 2.19 bits per heavy atom. The highest BCUT2D eigenvalue weighted by molar-refractivity contribution is 6.43. The number of ether oxygens (including phenoxy) is 1. The van der Waals surface area contributed by atoms with Gasteiger partial charge in [-0.15, -0.1) is 0 Å². The Bertz CT molecular complexity index is 1220. The molecule has 3 aliphatic heterocycles. The van der Waals surface area contributed by atoms with E-state index in [1.165, 1.54) is 4.90 Å². The van der Waals surface area contributed by atoms with E-state index in [1.54, 1.807) is 9.80 Å². The van der Waals surface area contributed by atoms with Gasteiger partial charge in [-0.05, 0) is 29.5 Å². The number of carbonyl (C=O) groups is 3. The topological polar surface area (TPSA) is 123 Å². The molecule has 2 fully saturated rings. The predicted octanol–water partition coefficient (Wildman–Crippen LogP) is 3.84. The zero-order valence-corrected chi connectivity index (χ0v) is 24.8. The van der Waals surface area contributed by atoms with Crippen LogP contribution in [-0.2, 0) is 29.2 Å². The van der Waals surface area contributed by atoms with Crippen molar-refractivity contribution in [3.8, 4) is 0 Å². The van der Waals surface area contributed by atoms with Crippen LogP contribution in [0.3, 0.4) is 0 Å². The van der Waals surface area contributed by atoms with Crippen molar-refractivity contribution in [1.29, 1.82) is 0 Å². The summed E-state index contributed by atoms with van der Waals surface area (Å²) in [7, 11) is -1.71. The zero-order chi connectivity index (χ0) is 30.2. The summed E-state index contributed by atoms with van der Waals surface area (Å²) < 4.78 is 5.91. The van der Waals surface area contributed by atoms with Crippen LogP contribution >= 0.6 is 0 Å². The first-order valence-electron chi connectivity index (χ1n) is 15.7. The highest BCUT2D eigenvalue weighted by Crippen LogP contribution is 2.27. The Morgan fingerprint density at radius 1 is 0.884 bits per heavy atom. The van der Waals surface area contributed by atoms with Crippen molar-refractivity contribution in [2.45, 2.75) is 95.5 Å². The lowest BCUT2D eigenvalue weighted by Gasteiger charge is -2.32. The molecule has 3 N–H and O–H groups in total. The van der Waals surface area contributed by atoms with Crippen molar-refractivity contribution in [2.24, 2.45) is 0 Å². The van der Waals surface area contributed by atoms with Gasteiger partial charge in [0.15, 0.2) is 0 Å². The molecule has 2 saturated heterocycles. The summed E-state index contributed by atoms with van der Waals surface area (Å²) in [5.74, 6) is -1.31. The molecule has 0 unspecified atom stereocenters. The second-order valence-corrected chi connectivity index (χ2v) is 12.0. The first-order valence-corrected chi connectivity index (χ1v) is 15.7. The molecule has 43 heavy (non-hydrogen) atoms. The largest absolute Gasteiger partial charge is 0.475 e. The van der Waals surface area contributed by atoms with Crippen LogP contribution in [0.5, 0.6) is 0 Å². The molecule has 3 heterocycles. The number of urea groups is 1. The van der Waals surface area contributed by atoms with Crippen molar-refractivity contribution in [1.82, 2.24) is 20.0 Å². The van der Waals surface area contributed by atoms with Gasteiger partial charge in [0.05, 0.1) is 12.5 Å². The average molecular weight is 591 g/mol. The Morgan fingerprint density at radius 2 is 1.51 bits per heavy atom. The molecule has 4 amide bonds. The van der Waals surface area contributed by atoms with Crippen LogP contribution in [0.15, 0.2) is 54.6 Å². The van der Waals surface area contributed by atoms with Crippen molar-refractivity contribution < 1.29 is 29.2 Å². The molecular formula is C32H43BN4O6. The molecule has 0 spiro atoms. The second kappa shape index (κ2) is 14.7. The summed E-state index contributed by atoms with van der Waals surface area (Å²) in [4.78, 5) is 45.9. The normalized spacial score (nSPS) is 23.9. The van der Waals surface area contributed by atoms with E-state index in [0.717, 1.165) is 61.6 Å². The van der Waals surface area contributed by atoms with Gasteiger partial charge in [-0.2, -0.15) is 0 Å². The first-order chi connectivity index (χ1) is 20.9. The lowest BCUT2D eigenvalue weighted by molar-refractivity contribution is -0.125. The molecule has 0 aromatic heterocycles. The highest BCUT2D eigenvalue weighted by atomic mass is 16.6. The summed E-state index contributed by atoms with van der Waals surface area (Å²) in [5.41, 5.74) is 3.15. The molecule has 2 aromatic carbocycles. The fourth-order valence-electron chi connectivity index (χ4n) is 6.38. The van der Waals surface area contributed by atoms with Crippen LogP contribution in [0.2, 0.25) is 0 Å². The summed E-state index contributed by atoms with van der Waals surface area (Å²) in [6, 6.07) is 16.4. The lowest BCUT2D eigenvalue weighted by atomic mass is 9.76. The van der Waals surface area contributed by atoms with Gasteiger partial charge < -0.3 is 29.9 Å². The van der Waals surface area contributed by atoms with Gasteiger partial charge in [0.25, 0.3) is 0 Å². The van der Waals surface area contributed by atoms with Crippen molar-refractivity contribution in [2.75, 3.05) is 13.1 Å². The van der Waals surface area contributed by atoms with E-state index in [1.807, 2.05) is 54.6 Å². The fraction of sp³-hybridized carbons (Fsp3) is 0.531. The molecule has 0 saturated carbocycles. The maximum absolute atomic E-state index is 14.1. The van der Waals surface area contributed by atoms with Gasteiger partial charge in [-0.3, -0.25) is 9.69 Å². The molecule has 5 rings (SSSR count). The van der Waals surface area contributed by atoms with Gasteiger partial charge in [0, 0.05) is 32.6 Å². The minimum Gasteiger partial charge on any atom is -0.444 e. The number of hydrogen-bond donors (Lipinski definition) is 3. The van der Waals surface area contributed by atoms with E-state index in [4.69, 9.17) is 4.74 Å².